The molecular formula is C11H14O5. The van der Waals surface area contributed by atoms with Crippen LogP contribution < -0.4 is 14.2 Å². The van der Waals surface area contributed by atoms with Crippen molar-refractivity contribution >= 4 is 5.97 Å². The van der Waals surface area contributed by atoms with Gasteiger partial charge >= 0.3 is 5.97 Å². The molecule has 0 aliphatic heterocycles. The molecule has 0 heterocycles. The minimum Gasteiger partial charge on any atom is -0.493 e. The minimum atomic E-state index is -0.463. The zero-order valence-electron chi connectivity index (χ0n) is 9.48. The van der Waals surface area contributed by atoms with Crippen molar-refractivity contribution in [2.75, 3.05) is 27.9 Å². The minimum absolute atomic E-state index is 0.0889. The first-order valence-electron chi connectivity index (χ1n) is 4.63. The second kappa shape index (κ2) is 5.97. The molecule has 0 radical (unpaired) electrons. The maximum atomic E-state index is 11.1. The third-order valence-electron chi connectivity index (χ3n) is 1.85. The Balaban J connectivity index is 2.78. The second-order valence-corrected chi connectivity index (χ2v) is 2.92. The summed E-state index contributed by atoms with van der Waals surface area (Å²) in [7, 11) is 4.48. The van der Waals surface area contributed by atoms with Crippen LogP contribution >= 0.6 is 0 Å². The summed E-state index contributed by atoms with van der Waals surface area (Å²) >= 11 is 0. The topological polar surface area (TPSA) is 54.0 Å². The van der Waals surface area contributed by atoms with Crippen molar-refractivity contribution in [3.8, 4) is 17.2 Å². The highest BCUT2D eigenvalue weighted by molar-refractivity contribution is 5.73. The van der Waals surface area contributed by atoms with Gasteiger partial charge in [-0.15, -0.1) is 0 Å². The summed E-state index contributed by atoms with van der Waals surface area (Å²) in [4.78, 5) is 11.1. The fraction of sp³-hybridized carbons (Fsp3) is 0.364. The lowest BCUT2D eigenvalue weighted by Crippen LogP contribution is -2.14. The number of carbonyl (C=O) groups is 1. The standard InChI is InChI=1S/C11H14O5/c1-13-7-11(12)16-8-4-5-9(14-2)10(6-8)15-3/h4-6H,7H2,1-3H3. The van der Waals surface area contributed by atoms with E-state index in [9.17, 15) is 4.79 Å². The molecule has 0 unspecified atom stereocenters. The van der Waals surface area contributed by atoms with E-state index < -0.39 is 5.97 Å². The largest absolute Gasteiger partial charge is 0.493 e. The number of hydrogen-bond acceptors (Lipinski definition) is 5. The van der Waals surface area contributed by atoms with E-state index >= 15 is 0 Å². The van der Waals surface area contributed by atoms with E-state index in [-0.39, 0.29) is 6.61 Å². The van der Waals surface area contributed by atoms with Crippen LogP contribution in [-0.2, 0) is 9.53 Å². The molecule has 0 N–H and O–H groups in total. The lowest BCUT2D eigenvalue weighted by Gasteiger charge is -2.09. The lowest BCUT2D eigenvalue weighted by atomic mass is 10.3. The van der Waals surface area contributed by atoms with Crippen molar-refractivity contribution < 1.29 is 23.7 Å². The zero-order valence-corrected chi connectivity index (χ0v) is 9.48. The summed E-state index contributed by atoms with van der Waals surface area (Å²) in [6, 6.07) is 4.86. The van der Waals surface area contributed by atoms with Crippen molar-refractivity contribution in [2.45, 2.75) is 0 Å². The number of rotatable bonds is 5. The fourth-order valence-electron chi connectivity index (χ4n) is 1.16. The molecule has 5 heteroatoms. The van der Waals surface area contributed by atoms with Crippen LogP contribution in [-0.4, -0.2) is 33.9 Å². The highest BCUT2D eigenvalue weighted by Gasteiger charge is 2.08. The number of methoxy groups -OCH3 is 3. The van der Waals surface area contributed by atoms with E-state index in [1.807, 2.05) is 0 Å². The molecule has 0 spiro atoms. The molecule has 0 fully saturated rings. The van der Waals surface area contributed by atoms with Crippen LogP contribution in [0.15, 0.2) is 18.2 Å². The van der Waals surface area contributed by atoms with Gasteiger partial charge in [-0.1, -0.05) is 0 Å². The molecule has 1 aromatic rings. The molecule has 0 bridgehead atoms. The average molecular weight is 226 g/mol. The van der Waals surface area contributed by atoms with Gasteiger partial charge in [0.05, 0.1) is 14.2 Å². The molecule has 5 nitrogen and oxygen atoms in total. The first-order chi connectivity index (χ1) is 7.71. The SMILES string of the molecule is COCC(=O)Oc1ccc(OC)c(OC)c1. The molecule has 0 aliphatic rings. The van der Waals surface area contributed by atoms with Crippen LogP contribution in [0.1, 0.15) is 0 Å². The van der Waals surface area contributed by atoms with Crippen molar-refractivity contribution in [3.63, 3.8) is 0 Å². The Labute approximate surface area is 93.9 Å². The molecule has 1 aromatic carbocycles. The Morgan fingerprint density at radius 3 is 2.38 bits per heavy atom. The Hall–Kier alpha value is -1.75. The maximum Gasteiger partial charge on any atom is 0.337 e. The molecular weight excluding hydrogens is 212 g/mol. The maximum absolute atomic E-state index is 11.1. The van der Waals surface area contributed by atoms with E-state index in [0.29, 0.717) is 17.2 Å². The van der Waals surface area contributed by atoms with Gasteiger partial charge in [0.1, 0.15) is 12.4 Å². The monoisotopic (exact) mass is 226 g/mol. The van der Waals surface area contributed by atoms with Gasteiger partial charge in [0.15, 0.2) is 11.5 Å². The molecule has 88 valence electrons. The molecule has 1 rings (SSSR count). The van der Waals surface area contributed by atoms with Gasteiger partial charge in [0.25, 0.3) is 0 Å². The van der Waals surface area contributed by atoms with Crippen molar-refractivity contribution in [2.24, 2.45) is 0 Å². The summed E-state index contributed by atoms with van der Waals surface area (Å²) in [5, 5.41) is 0. The van der Waals surface area contributed by atoms with E-state index in [0.717, 1.165) is 0 Å². The Morgan fingerprint density at radius 1 is 1.12 bits per heavy atom. The van der Waals surface area contributed by atoms with Crippen LogP contribution in [0.3, 0.4) is 0 Å². The van der Waals surface area contributed by atoms with Crippen molar-refractivity contribution in [1.29, 1.82) is 0 Å². The number of esters is 1. The van der Waals surface area contributed by atoms with Gasteiger partial charge in [0.2, 0.25) is 0 Å². The normalized spacial score (nSPS) is 9.69. The summed E-state index contributed by atoms with van der Waals surface area (Å²) in [5.41, 5.74) is 0. The Kier molecular flexibility index (Phi) is 4.60. The van der Waals surface area contributed by atoms with Crippen LogP contribution in [0, 0.1) is 0 Å². The van der Waals surface area contributed by atoms with E-state index in [2.05, 4.69) is 4.74 Å². The average Bonchev–Trinajstić information content (AvgIpc) is 2.29. The first-order valence-corrected chi connectivity index (χ1v) is 4.63. The second-order valence-electron chi connectivity index (χ2n) is 2.92. The molecule has 0 saturated heterocycles. The fourth-order valence-corrected chi connectivity index (χ4v) is 1.16. The quantitative estimate of drug-likeness (QED) is 0.558. The molecule has 0 amide bonds. The Morgan fingerprint density at radius 2 is 1.81 bits per heavy atom. The van der Waals surface area contributed by atoms with Crippen LogP contribution in [0.4, 0.5) is 0 Å². The smallest absolute Gasteiger partial charge is 0.337 e. The number of carbonyl (C=O) groups excluding carboxylic acids is 1. The number of benzene rings is 1. The van der Waals surface area contributed by atoms with Crippen molar-refractivity contribution in [3.05, 3.63) is 18.2 Å². The zero-order chi connectivity index (χ0) is 12.0. The molecule has 16 heavy (non-hydrogen) atoms. The van der Waals surface area contributed by atoms with Crippen LogP contribution in [0.2, 0.25) is 0 Å². The Bertz CT molecular complexity index is 361. The van der Waals surface area contributed by atoms with Crippen molar-refractivity contribution in [1.82, 2.24) is 0 Å². The van der Waals surface area contributed by atoms with Gasteiger partial charge in [-0.25, -0.2) is 4.79 Å². The summed E-state index contributed by atoms with van der Waals surface area (Å²) in [6.45, 7) is -0.0889. The predicted octanol–water partition coefficient (Wildman–Crippen LogP) is 1.26. The van der Waals surface area contributed by atoms with E-state index in [1.165, 1.54) is 21.3 Å². The molecule has 0 atom stereocenters. The van der Waals surface area contributed by atoms with Gasteiger partial charge in [-0.05, 0) is 12.1 Å². The van der Waals surface area contributed by atoms with Crippen LogP contribution in [0.25, 0.3) is 0 Å². The molecule has 0 saturated carbocycles. The lowest BCUT2D eigenvalue weighted by molar-refractivity contribution is -0.138. The summed E-state index contributed by atoms with van der Waals surface area (Å²) < 4.78 is 19.8. The third kappa shape index (κ3) is 3.13. The number of hydrogen-bond donors (Lipinski definition) is 0. The molecule has 0 aliphatic carbocycles. The predicted molar refractivity (Wildman–Crippen MR) is 57.1 cm³/mol. The van der Waals surface area contributed by atoms with Gasteiger partial charge < -0.3 is 18.9 Å². The van der Waals surface area contributed by atoms with E-state index in [4.69, 9.17) is 14.2 Å². The highest BCUT2D eigenvalue weighted by Crippen LogP contribution is 2.30. The van der Waals surface area contributed by atoms with E-state index in [1.54, 1.807) is 18.2 Å². The van der Waals surface area contributed by atoms with Crippen LogP contribution in [0.5, 0.6) is 17.2 Å². The highest BCUT2D eigenvalue weighted by atomic mass is 16.6. The van der Waals surface area contributed by atoms with Gasteiger partial charge in [-0.3, -0.25) is 0 Å². The number of ether oxygens (including phenoxy) is 4. The molecule has 0 aromatic heterocycles. The summed E-state index contributed by atoms with van der Waals surface area (Å²) in [5.74, 6) is 1.01. The first kappa shape index (κ1) is 12.3. The van der Waals surface area contributed by atoms with Gasteiger partial charge in [0, 0.05) is 13.2 Å². The van der Waals surface area contributed by atoms with Gasteiger partial charge in [-0.2, -0.15) is 0 Å². The third-order valence-corrected chi connectivity index (χ3v) is 1.85. The summed E-state index contributed by atoms with van der Waals surface area (Å²) in [6.07, 6.45) is 0.